The summed E-state index contributed by atoms with van der Waals surface area (Å²) < 4.78 is 5.30. The molecule has 1 aliphatic rings. The molecule has 1 heterocycles. The highest BCUT2D eigenvalue weighted by Gasteiger charge is 2.29. The van der Waals surface area contributed by atoms with Crippen LogP contribution in [0.2, 0.25) is 0 Å². The van der Waals surface area contributed by atoms with Crippen LogP contribution in [0.3, 0.4) is 0 Å². The van der Waals surface area contributed by atoms with Crippen molar-refractivity contribution in [1.82, 2.24) is 0 Å². The topological polar surface area (TPSA) is 9.23 Å². The Morgan fingerprint density at radius 2 is 2.12 bits per heavy atom. The van der Waals surface area contributed by atoms with Crippen LogP contribution >= 0.6 is 0 Å². The van der Waals surface area contributed by atoms with Gasteiger partial charge in [0, 0.05) is 5.92 Å². The van der Waals surface area contributed by atoms with Crippen molar-refractivity contribution in [2.24, 2.45) is 11.8 Å². The van der Waals surface area contributed by atoms with Gasteiger partial charge in [-0.3, -0.25) is 0 Å². The van der Waals surface area contributed by atoms with Crippen molar-refractivity contribution in [2.45, 2.75) is 26.9 Å². The molecule has 1 rings (SSSR count). The first-order chi connectivity index (χ1) is 3.72. The van der Waals surface area contributed by atoms with E-state index in [9.17, 15) is 0 Å². The predicted octanol–water partition coefficient (Wildman–Crippen LogP) is 1.68. The molecule has 48 valence electrons. The first kappa shape index (κ1) is 6.09. The largest absolute Gasteiger partial charge is 0.377 e. The molecular weight excluding hydrogens is 100 g/mol. The smallest absolute Gasteiger partial charge is 0.0645 e. The van der Waals surface area contributed by atoms with Crippen LogP contribution in [0.5, 0.6) is 0 Å². The second-order valence-corrected chi connectivity index (χ2v) is 3.02. The molecule has 0 bridgehead atoms. The van der Waals surface area contributed by atoms with Crippen molar-refractivity contribution in [3.63, 3.8) is 0 Å². The highest BCUT2D eigenvalue weighted by atomic mass is 16.5. The van der Waals surface area contributed by atoms with Crippen molar-refractivity contribution in [3.05, 3.63) is 0 Å². The fraction of sp³-hybridized carbons (Fsp3) is 1.00. The molecule has 1 fully saturated rings. The lowest BCUT2D eigenvalue weighted by Gasteiger charge is -2.37. The summed E-state index contributed by atoms with van der Waals surface area (Å²) in [6.07, 6.45) is 0.551. The van der Waals surface area contributed by atoms with E-state index in [2.05, 4.69) is 20.8 Å². The average Bonchev–Trinajstić information content (AvgIpc) is 1.61. The minimum Gasteiger partial charge on any atom is -0.377 e. The van der Waals surface area contributed by atoms with Crippen LogP contribution in [-0.4, -0.2) is 12.7 Å². The van der Waals surface area contributed by atoms with Gasteiger partial charge in [-0.2, -0.15) is 0 Å². The monoisotopic (exact) mass is 114 g/mol. The summed E-state index contributed by atoms with van der Waals surface area (Å²) in [5.41, 5.74) is 0. The second kappa shape index (κ2) is 2.06. The van der Waals surface area contributed by atoms with Crippen LogP contribution in [0.25, 0.3) is 0 Å². The van der Waals surface area contributed by atoms with Crippen LogP contribution in [0.15, 0.2) is 0 Å². The van der Waals surface area contributed by atoms with Gasteiger partial charge in [-0.15, -0.1) is 0 Å². The molecule has 2 atom stereocenters. The first-order valence-electron chi connectivity index (χ1n) is 3.33. The van der Waals surface area contributed by atoms with Gasteiger partial charge in [0.1, 0.15) is 0 Å². The van der Waals surface area contributed by atoms with Crippen LogP contribution in [0, 0.1) is 11.8 Å². The second-order valence-electron chi connectivity index (χ2n) is 3.02. The Morgan fingerprint density at radius 3 is 2.12 bits per heavy atom. The molecule has 0 N–H and O–H groups in total. The van der Waals surface area contributed by atoms with Crippen molar-refractivity contribution in [2.75, 3.05) is 6.61 Å². The van der Waals surface area contributed by atoms with E-state index in [0.717, 1.165) is 12.5 Å². The zero-order valence-electron chi connectivity index (χ0n) is 5.85. The highest BCUT2D eigenvalue weighted by molar-refractivity contribution is 4.76. The minimum atomic E-state index is 0.551. The summed E-state index contributed by atoms with van der Waals surface area (Å²) in [4.78, 5) is 0. The lowest BCUT2D eigenvalue weighted by molar-refractivity contribution is -0.129. The lowest BCUT2D eigenvalue weighted by atomic mass is 9.91. The zero-order chi connectivity index (χ0) is 6.15. The maximum atomic E-state index is 5.30. The summed E-state index contributed by atoms with van der Waals surface area (Å²) in [6, 6.07) is 0. The molecular formula is C7H14O. The zero-order valence-corrected chi connectivity index (χ0v) is 5.85. The molecule has 8 heavy (non-hydrogen) atoms. The third kappa shape index (κ3) is 0.873. The summed E-state index contributed by atoms with van der Waals surface area (Å²) in [6.45, 7) is 7.64. The van der Waals surface area contributed by atoms with E-state index in [1.54, 1.807) is 0 Å². The average molecular weight is 114 g/mol. The predicted molar refractivity (Wildman–Crippen MR) is 33.7 cm³/mol. The van der Waals surface area contributed by atoms with Gasteiger partial charge >= 0.3 is 0 Å². The molecule has 0 aromatic heterocycles. The molecule has 0 unspecified atom stereocenters. The Hall–Kier alpha value is -0.0400. The Balaban J connectivity index is 2.26. The van der Waals surface area contributed by atoms with E-state index >= 15 is 0 Å². The molecule has 1 aliphatic heterocycles. The van der Waals surface area contributed by atoms with E-state index < -0.39 is 0 Å². The van der Waals surface area contributed by atoms with Gasteiger partial charge in [0.25, 0.3) is 0 Å². The molecule has 0 spiro atoms. The number of hydrogen-bond acceptors (Lipinski definition) is 1. The van der Waals surface area contributed by atoms with E-state index in [0.29, 0.717) is 12.0 Å². The van der Waals surface area contributed by atoms with Crippen LogP contribution in [0.4, 0.5) is 0 Å². The Kier molecular flexibility index (Phi) is 1.57. The fourth-order valence-electron chi connectivity index (χ4n) is 1.25. The molecule has 0 aliphatic carbocycles. The van der Waals surface area contributed by atoms with Crippen molar-refractivity contribution < 1.29 is 4.74 Å². The maximum absolute atomic E-state index is 5.30. The maximum Gasteiger partial charge on any atom is 0.0645 e. The Morgan fingerprint density at radius 1 is 1.50 bits per heavy atom. The summed E-state index contributed by atoms with van der Waals surface area (Å²) >= 11 is 0. The standard InChI is InChI=1S/C7H14O/c1-5(2)7-6(3)4-8-7/h5-7H,4H2,1-3H3/t6-,7+/m1/s1. The molecule has 0 amide bonds. The normalized spacial score (nSPS) is 37.5. The van der Waals surface area contributed by atoms with Crippen LogP contribution < -0.4 is 0 Å². The van der Waals surface area contributed by atoms with Crippen LogP contribution in [-0.2, 0) is 4.74 Å². The SMILES string of the molecule is CC(C)[C@@H]1OC[C@H]1C. The van der Waals surface area contributed by atoms with Gasteiger partial charge in [-0.25, -0.2) is 0 Å². The van der Waals surface area contributed by atoms with Gasteiger partial charge < -0.3 is 4.74 Å². The quantitative estimate of drug-likeness (QED) is 0.504. The van der Waals surface area contributed by atoms with Crippen LogP contribution in [0.1, 0.15) is 20.8 Å². The number of ether oxygens (including phenoxy) is 1. The Labute approximate surface area is 51.0 Å². The molecule has 1 saturated heterocycles. The molecule has 0 aromatic rings. The Bertz CT molecular complexity index is 73.7. The van der Waals surface area contributed by atoms with Crippen molar-refractivity contribution >= 4 is 0 Å². The number of hydrogen-bond donors (Lipinski definition) is 0. The third-order valence-electron chi connectivity index (χ3n) is 1.77. The third-order valence-corrected chi connectivity index (χ3v) is 1.77. The number of rotatable bonds is 1. The van der Waals surface area contributed by atoms with Gasteiger partial charge in [0.05, 0.1) is 12.7 Å². The van der Waals surface area contributed by atoms with E-state index in [-0.39, 0.29) is 0 Å². The summed E-state index contributed by atoms with van der Waals surface area (Å²) in [7, 11) is 0. The highest BCUT2D eigenvalue weighted by Crippen LogP contribution is 2.25. The van der Waals surface area contributed by atoms with Crippen molar-refractivity contribution in [1.29, 1.82) is 0 Å². The molecule has 1 heteroatoms. The summed E-state index contributed by atoms with van der Waals surface area (Å²) in [5.74, 6) is 1.51. The molecule has 0 radical (unpaired) electrons. The molecule has 0 aromatic carbocycles. The first-order valence-corrected chi connectivity index (χ1v) is 3.33. The fourth-order valence-corrected chi connectivity index (χ4v) is 1.25. The molecule has 1 nitrogen and oxygen atoms in total. The summed E-state index contributed by atoms with van der Waals surface area (Å²) in [5, 5.41) is 0. The van der Waals surface area contributed by atoms with Gasteiger partial charge in [0.2, 0.25) is 0 Å². The van der Waals surface area contributed by atoms with E-state index in [1.807, 2.05) is 0 Å². The van der Waals surface area contributed by atoms with Gasteiger partial charge in [0.15, 0.2) is 0 Å². The lowest BCUT2D eigenvalue weighted by Crippen LogP contribution is -2.41. The van der Waals surface area contributed by atoms with Gasteiger partial charge in [-0.1, -0.05) is 20.8 Å². The van der Waals surface area contributed by atoms with Gasteiger partial charge in [-0.05, 0) is 5.92 Å². The minimum absolute atomic E-state index is 0.551. The van der Waals surface area contributed by atoms with E-state index in [1.165, 1.54) is 0 Å². The van der Waals surface area contributed by atoms with E-state index in [4.69, 9.17) is 4.74 Å². The molecule has 0 saturated carbocycles. The van der Waals surface area contributed by atoms with Crippen molar-refractivity contribution in [3.8, 4) is 0 Å².